The Bertz CT molecular complexity index is 404. The molecule has 1 saturated heterocycles. The first-order valence-corrected chi connectivity index (χ1v) is 4.88. The molecule has 5 heteroatoms. The second kappa shape index (κ2) is 3.79. The van der Waals surface area contributed by atoms with Gasteiger partial charge in [-0.3, -0.25) is 4.79 Å². The number of carbonyl (C=O) groups is 1. The molecule has 3 nitrogen and oxygen atoms in total. The van der Waals surface area contributed by atoms with Gasteiger partial charge in [0, 0.05) is 13.1 Å². The van der Waals surface area contributed by atoms with Crippen LogP contribution in [-0.4, -0.2) is 35.1 Å². The van der Waals surface area contributed by atoms with Crippen LogP contribution in [0.1, 0.15) is 10.4 Å². The van der Waals surface area contributed by atoms with Crippen LogP contribution in [0.3, 0.4) is 0 Å². The smallest absolute Gasteiger partial charge is 0.255 e. The van der Waals surface area contributed by atoms with Crippen molar-refractivity contribution in [2.75, 3.05) is 13.1 Å². The molecule has 0 bridgehead atoms. The Morgan fingerprint density at radius 2 is 2.20 bits per heavy atom. The van der Waals surface area contributed by atoms with Gasteiger partial charge in [0.2, 0.25) is 0 Å². The highest BCUT2D eigenvalue weighted by Gasteiger charge is 2.30. The maximum Gasteiger partial charge on any atom is 0.255 e. The number of hydrogen-bond acceptors (Lipinski definition) is 2. The van der Waals surface area contributed by atoms with Crippen LogP contribution in [0.25, 0.3) is 0 Å². The Labute approximate surface area is 91.1 Å². The molecule has 0 radical (unpaired) electrons. The molecule has 1 amide bonds. The number of rotatable bonds is 1. The predicted molar refractivity (Wildman–Crippen MR) is 53.3 cm³/mol. The molecule has 1 aromatic rings. The minimum Gasteiger partial charge on any atom is -0.389 e. The molecule has 1 fully saturated rings. The Kier molecular flexibility index (Phi) is 2.63. The van der Waals surface area contributed by atoms with E-state index in [2.05, 4.69) is 0 Å². The van der Waals surface area contributed by atoms with Gasteiger partial charge in [0.05, 0.1) is 16.7 Å². The Morgan fingerprint density at radius 1 is 1.53 bits per heavy atom. The Morgan fingerprint density at radius 3 is 2.73 bits per heavy atom. The summed E-state index contributed by atoms with van der Waals surface area (Å²) in [7, 11) is 0. The lowest BCUT2D eigenvalue weighted by Crippen LogP contribution is -2.53. The van der Waals surface area contributed by atoms with Crippen LogP contribution in [-0.2, 0) is 0 Å². The van der Waals surface area contributed by atoms with Crippen LogP contribution < -0.4 is 0 Å². The summed E-state index contributed by atoms with van der Waals surface area (Å²) in [6.45, 7) is 0.624. The minimum atomic E-state index is -0.472. The standard InChI is InChI=1S/C10H9ClFNO2/c11-9-3-6(12)1-2-8(9)10(15)13-4-7(14)5-13/h1-3,7,14H,4-5H2. The maximum atomic E-state index is 12.7. The maximum absolute atomic E-state index is 12.7. The lowest BCUT2D eigenvalue weighted by Gasteiger charge is -2.36. The van der Waals surface area contributed by atoms with Gasteiger partial charge in [0.1, 0.15) is 5.82 Å². The molecule has 0 aliphatic carbocycles. The van der Waals surface area contributed by atoms with Gasteiger partial charge < -0.3 is 10.0 Å². The van der Waals surface area contributed by atoms with Crippen LogP contribution in [0.2, 0.25) is 5.02 Å². The highest BCUT2D eigenvalue weighted by molar-refractivity contribution is 6.33. The monoisotopic (exact) mass is 229 g/mol. The van der Waals surface area contributed by atoms with Crippen molar-refractivity contribution in [2.24, 2.45) is 0 Å². The number of hydrogen-bond donors (Lipinski definition) is 1. The van der Waals surface area contributed by atoms with Crippen molar-refractivity contribution in [3.05, 3.63) is 34.6 Å². The molecule has 1 aliphatic rings. The van der Waals surface area contributed by atoms with Crippen LogP contribution in [0.4, 0.5) is 4.39 Å². The van der Waals surface area contributed by atoms with E-state index in [1.165, 1.54) is 17.0 Å². The number of nitrogens with zero attached hydrogens (tertiary/aromatic N) is 1. The van der Waals surface area contributed by atoms with E-state index in [1.54, 1.807) is 0 Å². The lowest BCUT2D eigenvalue weighted by atomic mass is 10.1. The van der Waals surface area contributed by atoms with Gasteiger partial charge in [-0.05, 0) is 18.2 Å². The summed E-state index contributed by atoms with van der Waals surface area (Å²) in [5.41, 5.74) is 0.268. The summed E-state index contributed by atoms with van der Waals surface area (Å²) in [5.74, 6) is -0.745. The fourth-order valence-corrected chi connectivity index (χ4v) is 1.70. The molecule has 0 atom stereocenters. The highest BCUT2D eigenvalue weighted by atomic mass is 35.5. The average molecular weight is 230 g/mol. The minimum absolute atomic E-state index is 0.0985. The van der Waals surface area contributed by atoms with Crippen LogP contribution >= 0.6 is 11.6 Å². The third-order valence-corrected chi connectivity index (χ3v) is 2.62. The van der Waals surface area contributed by atoms with Crippen molar-refractivity contribution < 1.29 is 14.3 Å². The molecule has 0 spiro atoms. The van der Waals surface area contributed by atoms with Gasteiger partial charge in [0.15, 0.2) is 0 Å². The zero-order valence-corrected chi connectivity index (χ0v) is 8.54. The SMILES string of the molecule is O=C(c1ccc(F)cc1Cl)N1CC(O)C1. The number of β-amino-alcohol motifs (C(OH)–C–C–N with tert-alkyl or cyclic N) is 1. The largest absolute Gasteiger partial charge is 0.389 e. The third kappa shape index (κ3) is 1.96. The number of halogens is 2. The summed E-state index contributed by atoms with van der Waals surface area (Å²) in [6, 6.07) is 3.64. The van der Waals surface area contributed by atoms with E-state index in [1.807, 2.05) is 0 Å². The first-order valence-electron chi connectivity index (χ1n) is 4.50. The first kappa shape index (κ1) is 10.4. The van der Waals surface area contributed by atoms with E-state index >= 15 is 0 Å². The summed E-state index contributed by atoms with van der Waals surface area (Å²) < 4.78 is 12.7. The molecule has 0 unspecified atom stereocenters. The molecule has 80 valence electrons. The lowest BCUT2D eigenvalue weighted by molar-refractivity contribution is 0.00590. The summed E-state index contributed by atoms with van der Waals surface area (Å²) in [6.07, 6.45) is -0.451. The number of likely N-dealkylation sites (tertiary alicyclic amines) is 1. The first-order chi connectivity index (χ1) is 7.08. The highest BCUT2D eigenvalue weighted by Crippen LogP contribution is 2.21. The number of carbonyl (C=O) groups excluding carboxylic acids is 1. The Balaban J connectivity index is 2.19. The van der Waals surface area contributed by atoms with Gasteiger partial charge in [-0.1, -0.05) is 11.6 Å². The molecule has 1 aromatic carbocycles. The number of amides is 1. The number of aliphatic hydroxyl groups is 1. The van der Waals surface area contributed by atoms with Gasteiger partial charge in [-0.25, -0.2) is 4.39 Å². The topological polar surface area (TPSA) is 40.5 Å². The van der Waals surface area contributed by atoms with E-state index in [4.69, 9.17) is 16.7 Å². The average Bonchev–Trinajstić information content (AvgIpc) is 2.12. The summed E-state index contributed by atoms with van der Waals surface area (Å²) >= 11 is 5.74. The molecule has 1 aliphatic heterocycles. The van der Waals surface area contributed by atoms with Crippen molar-refractivity contribution in [3.63, 3.8) is 0 Å². The van der Waals surface area contributed by atoms with Crippen molar-refractivity contribution in [2.45, 2.75) is 6.10 Å². The molecular formula is C10H9ClFNO2. The normalized spacial score (nSPS) is 16.3. The van der Waals surface area contributed by atoms with Crippen LogP contribution in [0, 0.1) is 5.82 Å². The van der Waals surface area contributed by atoms with Crippen molar-refractivity contribution in [1.29, 1.82) is 0 Å². The number of benzene rings is 1. The molecule has 2 rings (SSSR count). The summed E-state index contributed by atoms with van der Waals surface area (Å²) in [4.78, 5) is 13.2. The van der Waals surface area contributed by atoms with Crippen LogP contribution in [0.5, 0.6) is 0 Å². The van der Waals surface area contributed by atoms with Gasteiger partial charge in [-0.2, -0.15) is 0 Å². The zero-order chi connectivity index (χ0) is 11.0. The molecule has 15 heavy (non-hydrogen) atoms. The van der Waals surface area contributed by atoms with Gasteiger partial charge >= 0.3 is 0 Å². The van der Waals surface area contributed by atoms with E-state index < -0.39 is 11.9 Å². The molecule has 0 saturated carbocycles. The van der Waals surface area contributed by atoms with Crippen LogP contribution in [0.15, 0.2) is 18.2 Å². The van der Waals surface area contributed by atoms with E-state index in [-0.39, 0.29) is 16.5 Å². The quantitative estimate of drug-likeness (QED) is 0.789. The van der Waals surface area contributed by atoms with E-state index in [0.29, 0.717) is 13.1 Å². The third-order valence-electron chi connectivity index (χ3n) is 2.31. The predicted octanol–water partition coefficient (Wildman–Crippen LogP) is 1.30. The van der Waals surface area contributed by atoms with Gasteiger partial charge in [0.25, 0.3) is 5.91 Å². The molecule has 1 N–H and O–H groups in total. The van der Waals surface area contributed by atoms with Crippen molar-refractivity contribution in [3.8, 4) is 0 Å². The second-order valence-corrected chi connectivity index (χ2v) is 3.90. The van der Waals surface area contributed by atoms with Crippen molar-refractivity contribution >= 4 is 17.5 Å². The number of aliphatic hydroxyl groups excluding tert-OH is 1. The fraction of sp³-hybridized carbons (Fsp3) is 0.300. The summed E-state index contributed by atoms with van der Waals surface area (Å²) in [5, 5.41) is 9.14. The zero-order valence-electron chi connectivity index (χ0n) is 7.78. The van der Waals surface area contributed by atoms with Crippen molar-refractivity contribution in [1.82, 2.24) is 4.90 Å². The fourth-order valence-electron chi connectivity index (χ4n) is 1.45. The Hall–Kier alpha value is -1.13. The second-order valence-electron chi connectivity index (χ2n) is 3.49. The molecular weight excluding hydrogens is 221 g/mol. The molecule has 0 aromatic heterocycles. The van der Waals surface area contributed by atoms with E-state index in [9.17, 15) is 9.18 Å². The van der Waals surface area contributed by atoms with Gasteiger partial charge in [-0.15, -0.1) is 0 Å². The van der Waals surface area contributed by atoms with E-state index in [0.717, 1.165) is 6.07 Å². The molecule has 1 heterocycles.